The van der Waals surface area contributed by atoms with Gasteiger partial charge in [0.1, 0.15) is 36.0 Å². The highest BCUT2D eigenvalue weighted by Crippen LogP contribution is 2.26. The summed E-state index contributed by atoms with van der Waals surface area (Å²) in [7, 11) is 2.96. The second-order valence-corrected chi connectivity index (χ2v) is 18.5. The fourth-order valence-electron chi connectivity index (χ4n) is 8.25. The largest absolute Gasteiger partial charge is 0.497 e. The number of nitrogens with one attached hydrogen (secondary N) is 3. The number of cyclic esters (lactones) is 2. The zero-order valence-corrected chi connectivity index (χ0v) is 40.3. The number of rotatable bonds is 13. The summed E-state index contributed by atoms with van der Waals surface area (Å²) in [5, 5.41) is 19.8. The van der Waals surface area contributed by atoms with Gasteiger partial charge < -0.3 is 45.1 Å². The van der Waals surface area contributed by atoms with E-state index in [4.69, 9.17) is 14.2 Å². The maximum absolute atomic E-state index is 14.6. The molecule has 10 atom stereocenters. The minimum Gasteiger partial charge on any atom is -0.497 e. The van der Waals surface area contributed by atoms with Crippen LogP contribution in [0.1, 0.15) is 126 Å². The Morgan fingerprint density at radius 3 is 2.17 bits per heavy atom. The molecule has 2 aliphatic rings. The van der Waals surface area contributed by atoms with Crippen LogP contribution in [0, 0.1) is 23.7 Å². The fourth-order valence-corrected chi connectivity index (χ4v) is 8.25. The summed E-state index contributed by atoms with van der Waals surface area (Å²) >= 11 is 0. The number of methoxy groups -OCH3 is 1. The molecule has 65 heavy (non-hydrogen) atoms. The van der Waals surface area contributed by atoms with Crippen LogP contribution in [0.15, 0.2) is 24.3 Å². The van der Waals surface area contributed by atoms with Crippen LogP contribution in [0.25, 0.3) is 0 Å². The highest BCUT2D eigenvalue weighted by Gasteiger charge is 2.44. The van der Waals surface area contributed by atoms with Crippen LogP contribution in [-0.2, 0) is 54.3 Å². The van der Waals surface area contributed by atoms with E-state index in [2.05, 4.69) is 16.0 Å². The summed E-state index contributed by atoms with van der Waals surface area (Å²) < 4.78 is 17.0. The lowest BCUT2D eigenvalue weighted by molar-refractivity contribution is -0.163. The molecule has 0 bridgehead atoms. The van der Waals surface area contributed by atoms with Crippen molar-refractivity contribution in [3.63, 3.8) is 0 Å². The van der Waals surface area contributed by atoms with Crippen LogP contribution in [0.2, 0.25) is 0 Å². The van der Waals surface area contributed by atoms with Gasteiger partial charge in [0, 0.05) is 26.4 Å². The number of unbranched alkanes of at least 4 members (excludes halogenated alkanes) is 2. The minimum absolute atomic E-state index is 0.0353. The van der Waals surface area contributed by atoms with E-state index in [1.165, 1.54) is 37.8 Å². The molecule has 0 spiro atoms. The van der Waals surface area contributed by atoms with Crippen LogP contribution < -0.4 is 20.7 Å². The average molecular weight is 914 g/mol. The molecule has 1 aromatic carbocycles. The molecule has 2 heterocycles. The molecule has 0 radical (unpaired) electrons. The summed E-state index contributed by atoms with van der Waals surface area (Å²) in [4.78, 5) is 115. The van der Waals surface area contributed by atoms with Crippen LogP contribution in [0.4, 0.5) is 0 Å². The molecule has 5 amide bonds. The SMILES string of the molecule is CCCCCC(=O)N[C@@H]1C(=O)N[C@H]([C@@H](C)CC)[C@H](O)CC(=O)O[C@H](C(C)C)C(=O)[C@H](C)C(=O)N[C@H](CC(C)C)C(=O)N2CCC[C@H]2C(=O)N(C)[C@@H](Cc2ccc(OC)cc2)C(=O)O[C@H]1C. The van der Waals surface area contributed by atoms with Gasteiger partial charge in [-0.2, -0.15) is 0 Å². The molecule has 2 saturated heterocycles. The smallest absolute Gasteiger partial charge is 0.329 e. The molecule has 0 aliphatic carbocycles. The van der Waals surface area contributed by atoms with Gasteiger partial charge in [-0.3, -0.25) is 33.6 Å². The number of benzene rings is 1. The van der Waals surface area contributed by atoms with Gasteiger partial charge in [-0.15, -0.1) is 0 Å². The van der Waals surface area contributed by atoms with Crippen molar-refractivity contribution in [3.8, 4) is 5.75 Å². The number of hydrogen-bond donors (Lipinski definition) is 4. The van der Waals surface area contributed by atoms with E-state index < -0.39 is 120 Å². The Labute approximate surface area is 384 Å². The minimum atomic E-state index is -1.53. The van der Waals surface area contributed by atoms with Gasteiger partial charge in [0.2, 0.25) is 29.5 Å². The predicted octanol–water partition coefficient (Wildman–Crippen LogP) is 3.65. The van der Waals surface area contributed by atoms with E-state index in [0.29, 0.717) is 30.6 Å². The lowest BCUT2D eigenvalue weighted by atomic mass is 9.91. The molecular weight excluding hydrogens is 839 g/mol. The topological polar surface area (TPSA) is 227 Å². The Morgan fingerprint density at radius 1 is 0.923 bits per heavy atom. The van der Waals surface area contributed by atoms with Gasteiger partial charge in [-0.25, -0.2) is 4.79 Å². The molecule has 4 N–H and O–H groups in total. The molecule has 364 valence electrons. The molecule has 17 nitrogen and oxygen atoms in total. The van der Waals surface area contributed by atoms with Gasteiger partial charge in [-0.1, -0.05) is 79.9 Å². The Kier molecular flexibility index (Phi) is 21.4. The molecule has 3 rings (SSSR count). The van der Waals surface area contributed by atoms with Crippen molar-refractivity contribution >= 4 is 47.3 Å². The zero-order chi connectivity index (χ0) is 48.7. The number of amides is 5. The van der Waals surface area contributed by atoms with Crippen LogP contribution in [-0.4, -0.2) is 131 Å². The highest BCUT2D eigenvalue weighted by molar-refractivity contribution is 6.05. The number of fused-ring (bicyclic) bond motifs is 1. The number of aliphatic hydroxyl groups is 1. The number of aliphatic hydroxyl groups excluding tert-OH is 1. The number of carbonyl (C=O) groups excluding carboxylic acids is 8. The first-order valence-electron chi connectivity index (χ1n) is 23.4. The van der Waals surface area contributed by atoms with Crippen LogP contribution in [0.5, 0.6) is 5.75 Å². The number of Topliss-reactive ketones (excluding diaryl/α,β-unsaturated/α-hetero) is 1. The first-order valence-corrected chi connectivity index (χ1v) is 23.4. The number of esters is 2. The monoisotopic (exact) mass is 914 g/mol. The lowest BCUT2D eigenvalue weighted by Gasteiger charge is -2.35. The standard InChI is InChI=1S/C48H75N5O12/c1-12-14-15-18-38(55)50-41-31(9)64-48(62)36(25-32-19-21-33(63-11)22-20-32)52(10)47(61)35-17-16-23-53(35)46(60)34(24-27(3)4)49-44(58)30(8)42(57)43(28(5)6)65-39(56)26-37(54)40(29(7)13-2)51-45(41)59/h19-22,27-31,34-37,40-41,43,54H,12-18,23-26H2,1-11H3,(H,49,58)(H,50,55)(H,51,59)/t29-,30-,31-,34+,35-,36-,37+,40+,41-,43+/m0/s1. The third-order valence-electron chi connectivity index (χ3n) is 12.5. The first-order chi connectivity index (χ1) is 30.6. The number of likely N-dealkylation sites (N-methyl/N-ethyl adjacent to an activating group) is 1. The van der Waals surface area contributed by atoms with E-state index in [0.717, 1.165) is 12.8 Å². The maximum atomic E-state index is 14.6. The number of ketones is 1. The number of hydrogen-bond acceptors (Lipinski definition) is 12. The average Bonchev–Trinajstić information content (AvgIpc) is 3.76. The molecular formula is C48H75N5O12. The zero-order valence-electron chi connectivity index (χ0n) is 40.3. The highest BCUT2D eigenvalue weighted by atomic mass is 16.6. The Balaban J connectivity index is 2.20. The van der Waals surface area contributed by atoms with E-state index in [9.17, 15) is 43.5 Å². The molecule has 2 fully saturated rings. The Hall–Kier alpha value is -5.06. The third-order valence-corrected chi connectivity index (χ3v) is 12.5. The van der Waals surface area contributed by atoms with Crippen molar-refractivity contribution in [2.45, 2.75) is 175 Å². The molecule has 17 heteroatoms. The molecule has 0 unspecified atom stereocenters. The second-order valence-electron chi connectivity index (χ2n) is 18.5. The third kappa shape index (κ3) is 15.3. The molecule has 0 aromatic heterocycles. The van der Waals surface area contributed by atoms with Gasteiger partial charge in [0.25, 0.3) is 0 Å². The van der Waals surface area contributed by atoms with E-state index in [1.807, 2.05) is 27.7 Å². The van der Waals surface area contributed by atoms with Crippen molar-refractivity contribution in [1.29, 1.82) is 0 Å². The van der Waals surface area contributed by atoms with Crippen molar-refractivity contribution in [2.24, 2.45) is 23.7 Å². The Bertz CT molecular complexity index is 1800. The summed E-state index contributed by atoms with van der Waals surface area (Å²) in [5.74, 6) is -7.58. The number of nitrogens with zero attached hydrogens (tertiary/aromatic N) is 2. The van der Waals surface area contributed by atoms with Crippen molar-refractivity contribution in [3.05, 3.63) is 29.8 Å². The van der Waals surface area contributed by atoms with Crippen LogP contribution >= 0.6 is 0 Å². The second kappa shape index (κ2) is 25.6. The fraction of sp³-hybridized carbons (Fsp3) is 0.708. The van der Waals surface area contributed by atoms with Gasteiger partial charge >= 0.3 is 11.9 Å². The summed E-state index contributed by atoms with van der Waals surface area (Å²) in [6, 6.07) is 0.921. The summed E-state index contributed by atoms with van der Waals surface area (Å²) in [6.45, 7) is 15.6. The summed E-state index contributed by atoms with van der Waals surface area (Å²) in [5.41, 5.74) is 0.641. The molecule has 1 aromatic rings. The van der Waals surface area contributed by atoms with Gasteiger partial charge in [-0.05, 0) is 75.0 Å². The molecule has 0 saturated carbocycles. The quantitative estimate of drug-likeness (QED) is 0.126. The van der Waals surface area contributed by atoms with Crippen molar-refractivity contribution in [1.82, 2.24) is 25.8 Å². The summed E-state index contributed by atoms with van der Waals surface area (Å²) in [6.07, 6.45) is -1.32. The number of ether oxygens (including phenoxy) is 3. The van der Waals surface area contributed by atoms with Gasteiger partial charge in [0.05, 0.1) is 31.6 Å². The maximum Gasteiger partial charge on any atom is 0.329 e. The lowest BCUT2D eigenvalue weighted by Crippen LogP contribution is -2.59. The number of carbonyl (C=O) groups is 8. The van der Waals surface area contributed by atoms with Gasteiger partial charge in [0.15, 0.2) is 11.9 Å². The van der Waals surface area contributed by atoms with E-state index in [1.54, 1.807) is 45.0 Å². The van der Waals surface area contributed by atoms with E-state index in [-0.39, 0.29) is 38.1 Å². The van der Waals surface area contributed by atoms with Crippen LogP contribution in [0.3, 0.4) is 0 Å². The normalized spacial score (nSPS) is 27.7. The molecule has 2 aliphatic heterocycles. The van der Waals surface area contributed by atoms with Crippen molar-refractivity contribution < 1.29 is 57.7 Å². The Morgan fingerprint density at radius 2 is 1.58 bits per heavy atom. The van der Waals surface area contributed by atoms with Crippen molar-refractivity contribution in [2.75, 3.05) is 20.7 Å². The predicted molar refractivity (Wildman–Crippen MR) is 242 cm³/mol. The van der Waals surface area contributed by atoms with E-state index >= 15 is 0 Å². The first kappa shape index (κ1) is 54.3.